The highest BCUT2D eigenvalue weighted by molar-refractivity contribution is 4.95. The van der Waals surface area contributed by atoms with Crippen molar-refractivity contribution in [2.45, 2.75) is 61.3 Å². The van der Waals surface area contributed by atoms with Crippen LogP contribution in [0.4, 0.5) is 0 Å². The number of hydrogen-bond donors (Lipinski definition) is 8. The highest BCUT2D eigenvalue weighted by Crippen LogP contribution is 2.27. The Morgan fingerprint density at radius 1 is 0.783 bits per heavy atom. The number of aliphatic hydroxyl groups excluding tert-OH is 6. The summed E-state index contributed by atoms with van der Waals surface area (Å²) in [5.74, 6) is 0. The van der Waals surface area contributed by atoms with E-state index in [9.17, 15) is 25.5 Å². The summed E-state index contributed by atoms with van der Waals surface area (Å²) in [6, 6.07) is -2.37. The van der Waals surface area contributed by atoms with E-state index in [0.29, 0.717) is 0 Å². The van der Waals surface area contributed by atoms with Crippen molar-refractivity contribution in [2.24, 2.45) is 11.5 Å². The molecular formula is C12H24N2O9. The van der Waals surface area contributed by atoms with E-state index in [-0.39, 0.29) is 0 Å². The Labute approximate surface area is 132 Å². The molecule has 0 aliphatic carbocycles. The van der Waals surface area contributed by atoms with Crippen LogP contribution in [-0.4, -0.2) is 105 Å². The van der Waals surface area contributed by atoms with E-state index in [0.717, 1.165) is 0 Å². The fourth-order valence-corrected chi connectivity index (χ4v) is 2.65. The van der Waals surface area contributed by atoms with Crippen LogP contribution in [0.25, 0.3) is 0 Å². The smallest absolute Gasteiger partial charge is 0.176 e. The molecule has 0 aromatic heterocycles. The summed E-state index contributed by atoms with van der Waals surface area (Å²) >= 11 is 0. The van der Waals surface area contributed by atoms with Crippen molar-refractivity contribution in [3.8, 4) is 0 Å². The molecule has 0 bridgehead atoms. The molecule has 2 aliphatic rings. The van der Waals surface area contributed by atoms with Crippen molar-refractivity contribution < 1.29 is 44.8 Å². The maximum absolute atomic E-state index is 10.1. The molecule has 0 aromatic carbocycles. The largest absolute Gasteiger partial charge is 0.394 e. The Bertz CT molecular complexity index is 386. The molecule has 2 saturated heterocycles. The molecule has 136 valence electrons. The summed E-state index contributed by atoms with van der Waals surface area (Å²) in [5, 5.41) is 57.7. The first-order valence-electron chi connectivity index (χ1n) is 7.23. The lowest BCUT2D eigenvalue weighted by atomic mass is 9.95. The standard InChI is InChI=1S/C12H24N2O9/c13-5-9(19)10(4(2-16)21-11(5)20)23-12-6(14)8(18)7(17)3(1-15)22-12/h3-12,15-20H,1-2,13-14H2/t3-,4+,5+,6+,7+,8+,9+,10+,11+,12-/m0/s1. The number of nitrogens with two attached hydrogens (primary N) is 2. The molecule has 0 radical (unpaired) electrons. The van der Waals surface area contributed by atoms with Gasteiger partial charge in [0.05, 0.1) is 25.3 Å². The van der Waals surface area contributed by atoms with E-state index in [4.69, 9.17) is 30.8 Å². The lowest BCUT2D eigenvalue weighted by Gasteiger charge is -2.45. The van der Waals surface area contributed by atoms with Gasteiger partial charge >= 0.3 is 0 Å². The Morgan fingerprint density at radius 2 is 1.39 bits per heavy atom. The van der Waals surface area contributed by atoms with E-state index < -0.39 is 74.5 Å². The van der Waals surface area contributed by atoms with Crippen molar-refractivity contribution in [3.05, 3.63) is 0 Å². The topological polar surface area (TPSA) is 201 Å². The molecule has 0 aromatic rings. The Balaban J connectivity index is 2.11. The van der Waals surface area contributed by atoms with Crippen LogP contribution >= 0.6 is 0 Å². The van der Waals surface area contributed by atoms with Gasteiger partial charge in [0.2, 0.25) is 0 Å². The van der Waals surface area contributed by atoms with Crippen LogP contribution < -0.4 is 11.5 Å². The van der Waals surface area contributed by atoms with Crippen LogP contribution in [0.5, 0.6) is 0 Å². The Kier molecular flexibility index (Phi) is 6.27. The van der Waals surface area contributed by atoms with Gasteiger partial charge in [0, 0.05) is 0 Å². The van der Waals surface area contributed by atoms with Gasteiger partial charge in [-0.2, -0.15) is 0 Å². The zero-order chi connectivity index (χ0) is 17.3. The number of aliphatic hydroxyl groups is 6. The maximum Gasteiger partial charge on any atom is 0.176 e. The molecule has 0 spiro atoms. The van der Waals surface area contributed by atoms with E-state index in [1.807, 2.05) is 0 Å². The summed E-state index contributed by atoms with van der Waals surface area (Å²) in [6.07, 6.45) is -10.5. The molecule has 0 amide bonds. The molecule has 11 nitrogen and oxygen atoms in total. The highest BCUT2D eigenvalue weighted by Gasteiger charge is 2.49. The average molecular weight is 340 g/mol. The fourth-order valence-electron chi connectivity index (χ4n) is 2.65. The van der Waals surface area contributed by atoms with Crippen LogP contribution in [0.1, 0.15) is 0 Å². The Morgan fingerprint density at radius 3 is 1.96 bits per heavy atom. The molecule has 2 aliphatic heterocycles. The van der Waals surface area contributed by atoms with Gasteiger partial charge in [-0.15, -0.1) is 0 Å². The third-order valence-corrected chi connectivity index (χ3v) is 4.14. The van der Waals surface area contributed by atoms with Gasteiger partial charge in [-0.1, -0.05) is 0 Å². The molecule has 0 saturated carbocycles. The molecule has 10 atom stereocenters. The summed E-state index contributed by atoms with van der Waals surface area (Å²) in [5.41, 5.74) is 11.3. The third kappa shape index (κ3) is 3.65. The van der Waals surface area contributed by atoms with Crippen molar-refractivity contribution in [2.75, 3.05) is 13.2 Å². The second kappa shape index (κ2) is 7.63. The molecule has 11 heteroatoms. The predicted octanol–water partition coefficient (Wildman–Crippen LogP) is -5.46. The van der Waals surface area contributed by atoms with Crippen molar-refractivity contribution in [1.29, 1.82) is 0 Å². The van der Waals surface area contributed by atoms with Gasteiger partial charge < -0.3 is 56.3 Å². The van der Waals surface area contributed by atoms with Crippen LogP contribution in [0.15, 0.2) is 0 Å². The van der Waals surface area contributed by atoms with Gasteiger partial charge in [0.15, 0.2) is 12.6 Å². The average Bonchev–Trinajstić information content (AvgIpc) is 2.55. The molecule has 2 rings (SSSR count). The summed E-state index contributed by atoms with van der Waals surface area (Å²) in [7, 11) is 0. The highest BCUT2D eigenvalue weighted by atomic mass is 16.7. The lowest BCUT2D eigenvalue weighted by Crippen LogP contribution is -2.67. The first-order chi connectivity index (χ1) is 10.8. The van der Waals surface area contributed by atoms with Crippen LogP contribution in [0, 0.1) is 0 Å². The number of hydrogen-bond acceptors (Lipinski definition) is 11. The number of ether oxygens (including phenoxy) is 3. The lowest BCUT2D eigenvalue weighted by molar-refractivity contribution is -0.324. The molecule has 2 fully saturated rings. The van der Waals surface area contributed by atoms with Gasteiger partial charge in [-0.3, -0.25) is 0 Å². The summed E-state index contributed by atoms with van der Waals surface area (Å²) < 4.78 is 15.8. The zero-order valence-electron chi connectivity index (χ0n) is 12.3. The number of rotatable bonds is 4. The Hall–Kier alpha value is -0.440. The van der Waals surface area contributed by atoms with Gasteiger partial charge in [0.1, 0.15) is 36.6 Å². The molecule has 10 N–H and O–H groups in total. The SMILES string of the molecule is N[C@@H]1[C@@H](O)[C@H](O[C@@H]2O[C@@H](CO)[C@@H](O)[C@H](O)[C@H]2N)[C@@H](CO)O[C@H]1O. The quantitative estimate of drug-likeness (QED) is 0.242. The van der Waals surface area contributed by atoms with E-state index in [1.54, 1.807) is 0 Å². The predicted molar refractivity (Wildman–Crippen MR) is 72.6 cm³/mol. The van der Waals surface area contributed by atoms with Gasteiger partial charge in [0.25, 0.3) is 0 Å². The third-order valence-electron chi connectivity index (χ3n) is 4.14. The monoisotopic (exact) mass is 340 g/mol. The molecule has 23 heavy (non-hydrogen) atoms. The first kappa shape index (κ1) is 18.9. The van der Waals surface area contributed by atoms with E-state index >= 15 is 0 Å². The van der Waals surface area contributed by atoms with Crippen LogP contribution in [-0.2, 0) is 14.2 Å². The minimum Gasteiger partial charge on any atom is -0.394 e. The summed E-state index contributed by atoms with van der Waals surface area (Å²) in [6.45, 7) is -1.17. The van der Waals surface area contributed by atoms with Crippen LogP contribution in [0.3, 0.4) is 0 Å². The summed E-state index contributed by atoms with van der Waals surface area (Å²) in [4.78, 5) is 0. The normalized spacial score (nSPS) is 51.7. The van der Waals surface area contributed by atoms with Crippen molar-refractivity contribution >= 4 is 0 Å². The second-order valence-corrected chi connectivity index (χ2v) is 5.70. The van der Waals surface area contributed by atoms with Crippen molar-refractivity contribution in [3.63, 3.8) is 0 Å². The first-order valence-corrected chi connectivity index (χ1v) is 7.23. The van der Waals surface area contributed by atoms with E-state index in [1.165, 1.54) is 0 Å². The minimum absolute atomic E-state index is 0.581. The van der Waals surface area contributed by atoms with Gasteiger partial charge in [-0.25, -0.2) is 0 Å². The van der Waals surface area contributed by atoms with Crippen molar-refractivity contribution in [1.82, 2.24) is 0 Å². The van der Waals surface area contributed by atoms with Crippen LogP contribution in [0.2, 0.25) is 0 Å². The maximum atomic E-state index is 10.1. The van der Waals surface area contributed by atoms with Gasteiger partial charge in [-0.05, 0) is 0 Å². The minimum atomic E-state index is -1.49. The molecular weight excluding hydrogens is 316 g/mol. The fraction of sp³-hybridized carbons (Fsp3) is 1.00. The second-order valence-electron chi connectivity index (χ2n) is 5.70. The molecule has 2 heterocycles. The molecule has 0 unspecified atom stereocenters. The van der Waals surface area contributed by atoms with E-state index in [2.05, 4.69) is 0 Å². The zero-order valence-corrected chi connectivity index (χ0v) is 12.3.